The largest absolute Gasteiger partial charge is 0.376 e. The van der Waals surface area contributed by atoms with Crippen LogP contribution in [0.4, 0.5) is 5.82 Å². The van der Waals surface area contributed by atoms with E-state index in [0.717, 1.165) is 12.8 Å². The molecule has 26 heavy (non-hydrogen) atoms. The van der Waals surface area contributed by atoms with Gasteiger partial charge in [-0.15, -0.1) is 0 Å². The minimum Gasteiger partial charge on any atom is -0.376 e. The van der Waals surface area contributed by atoms with Crippen LogP contribution in [0.15, 0.2) is 16.9 Å². The molecule has 0 radical (unpaired) electrons. The summed E-state index contributed by atoms with van der Waals surface area (Å²) >= 11 is 0. The maximum absolute atomic E-state index is 12.1. The van der Waals surface area contributed by atoms with Crippen LogP contribution in [0.1, 0.15) is 24.2 Å². The second-order valence-electron chi connectivity index (χ2n) is 6.09. The minimum absolute atomic E-state index is 0.0545. The standard InChI is InChI=1S/C16H20N6O4/c1-9-7-13(23)20-16(18-9)22-12(6-10(2)21-22)19-15(25)14(24)17-8-11-4-3-5-26-11/h6-7,11H,3-5,8H2,1-2H3,(H,17,24)(H,19,25)(H,18,20,23)/t11-/m1/s1. The first-order valence-corrected chi connectivity index (χ1v) is 8.28. The van der Waals surface area contributed by atoms with Gasteiger partial charge in [-0.05, 0) is 26.7 Å². The van der Waals surface area contributed by atoms with Crippen molar-refractivity contribution in [2.45, 2.75) is 32.8 Å². The molecular formula is C16H20N6O4. The molecule has 0 spiro atoms. The van der Waals surface area contributed by atoms with Crippen LogP contribution in [-0.2, 0) is 14.3 Å². The van der Waals surface area contributed by atoms with Crippen LogP contribution in [0, 0.1) is 13.8 Å². The number of aryl methyl sites for hydroxylation is 2. The van der Waals surface area contributed by atoms with Crippen LogP contribution in [-0.4, -0.2) is 50.8 Å². The Morgan fingerprint density at radius 1 is 1.31 bits per heavy atom. The highest BCUT2D eigenvalue weighted by Crippen LogP contribution is 2.14. The summed E-state index contributed by atoms with van der Waals surface area (Å²) in [6.07, 6.45) is 1.76. The Kier molecular flexibility index (Phi) is 5.12. The van der Waals surface area contributed by atoms with Crippen molar-refractivity contribution in [2.75, 3.05) is 18.5 Å². The zero-order chi connectivity index (χ0) is 18.7. The molecule has 0 aliphatic carbocycles. The van der Waals surface area contributed by atoms with Crippen molar-refractivity contribution in [3.63, 3.8) is 0 Å². The van der Waals surface area contributed by atoms with Gasteiger partial charge < -0.3 is 15.4 Å². The van der Waals surface area contributed by atoms with E-state index in [1.54, 1.807) is 19.9 Å². The molecule has 10 nitrogen and oxygen atoms in total. The van der Waals surface area contributed by atoms with Gasteiger partial charge in [0.2, 0.25) is 5.95 Å². The first-order chi connectivity index (χ1) is 12.4. The SMILES string of the molecule is Cc1cc(=O)[nH]c(-n2nc(C)cc2NC(=O)C(=O)NC[C@H]2CCCO2)n1. The molecular weight excluding hydrogens is 340 g/mol. The van der Waals surface area contributed by atoms with Crippen LogP contribution in [0.3, 0.4) is 0 Å². The Morgan fingerprint density at radius 3 is 2.81 bits per heavy atom. The summed E-state index contributed by atoms with van der Waals surface area (Å²) in [5, 5.41) is 9.24. The maximum Gasteiger partial charge on any atom is 0.314 e. The van der Waals surface area contributed by atoms with Crippen molar-refractivity contribution in [3.8, 4) is 5.95 Å². The van der Waals surface area contributed by atoms with Gasteiger partial charge in [-0.1, -0.05) is 0 Å². The molecule has 3 heterocycles. The lowest BCUT2D eigenvalue weighted by Crippen LogP contribution is -2.39. The molecule has 3 rings (SSSR count). The van der Waals surface area contributed by atoms with E-state index >= 15 is 0 Å². The van der Waals surface area contributed by atoms with Crippen LogP contribution < -0.4 is 16.2 Å². The summed E-state index contributed by atoms with van der Waals surface area (Å²) in [7, 11) is 0. The highest BCUT2D eigenvalue weighted by Gasteiger charge is 2.21. The van der Waals surface area contributed by atoms with Gasteiger partial charge in [0, 0.05) is 31.0 Å². The van der Waals surface area contributed by atoms with Gasteiger partial charge in [0.1, 0.15) is 5.82 Å². The van der Waals surface area contributed by atoms with Crippen LogP contribution in [0.5, 0.6) is 0 Å². The number of rotatable bonds is 4. The zero-order valence-corrected chi connectivity index (χ0v) is 14.5. The molecule has 0 bridgehead atoms. The molecule has 0 saturated carbocycles. The first-order valence-electron chi connectivity index (χ1n) is 8.28. The molecule has 2 aromatic heterocycles. The summed E-state index contributed by atoms with van der Waals surface area (Å²) in [5.41, 5.74) is 0.750. The van der Waals surface area contributed by atoms with Gasteiger partial charge >= 0.3 is 11.8 Å². The molecule has 0 unspecified atom stereocenters. The molecule has 10 heteroatoms. The summed E-state index contributed by atoms with van der Waals surface area (Å²) in [4.78, 5) is 42.5. The van der Waals surface area contributed by atoms with E-state index in [1.165, 1.54) is 10.7 Å². The third-order valence-corrected chi connectivity index (χ3v) is 3.85. The minimum atomic E-state index is -0.834. The van der Waals surface area contributed by atoms with Gasteiger partial charge in [0.05, 0.1) is 11.8 Å². The second kappa shape index (κ2) is 7.48. The Morgan fingerprint density at radius 2 is 2.12 bits per heavy atom. The predicted molar refractivity (Wildman–Crippen MR) is 92.1 cm³/mol. The zero-order valence-electron chi connectivity index (χ0n) is 14.5. The number of hydrogen-bond donors (Lipinski definition) is 3. The van der Waals surface area contributed by atoms with Gasteiger partial charge in [-0.2, -0.15) is 9.78 Å². The number of nitrogens with zero attached hydrogens (tertiary/aromatic N) is 3. The Bertz CT molecular complexity index is 881. The Hall–Kier alpha value is -3.01. The molecule has 2 aromatic rings. The van der Waals surface area contributed by atoms with Crippen molar-refractivity contribution < 1.29 is 14.3 Å². The van der Waals surface area contributed by atoms with E-state index in [0.29, 0.717) is 18.0 Å². The Labute approximate surface area is 149 Å². The highest BCUT2D eigenvalue weighted by molar-refractivity contribution is 6.39. The molecule has 1 aliphatic heterocycles. The van der Waals surface area contributed by atoms with Crippen molar-refractivity contribution in [1.29, 1.82) is 0 Å². The predicted octanol–water partition coefficient (Wildman–Crippen LogP) is -0.194. The van der Waals surface area contributed by atoms with Gasteiger partial charge in [0.15, 0.2) is 0 Å². The number of amides is 2. The molecule has 1 atom stereocenters. The van der Waals surface area contributed by atoms with E-state index < -0.39 is 11.8 Å². The number of carbonyl (C=O) groups is 2. The number of ether oxygens (including phenoxy) is 1. The van der Waals surface area contributed by atoms with Crippen LogP contribution in [0.25, 0.3) is 5.95 Å². The van der Waals surface area contributed by atoms with Crippen molar-refractivity contribution in [1.82, 2.24) is 25.1 Å². The van der Waals surface area contributed by atoms with Crippen molar-refractivity contribution in [3.05, 3.63) is 33.9 Å². The number of aromatic amines is 1. The van der Waals surface area contributed by atoms with E-state index in [4.69, 9.17) is 4.74 Å². The van der Waals surface area contributed by atoms with Gasteiger partial charge in [0.25, 0.3) is 5.56 Å². The van der Waals surface area contributed by atoms with Gasteiger partial charge in [-0.25, -0.2) is 4.98 Å². The molecule has 2 amide bonds. The third kappa shape index (κ3) is 4.14. The summed E-state index contributed by atoms with van der Waals surface area (Å²) in [5.74, 6) is -1.22. The van der Waals surface area contributed by atoms with Crippen LogP contribution in [0.2, 0.25) is 0 Å². The fourth-order valence-corrected chi connectivity index (χ4v) is 2.68. The topological polar surface area (TPSA) is 131 Å². The number of H-pyrrole nitrogens is 1. The number of nitrogens with one attached hydrogen (secondary N) is 3. The number of hydrogen-bond acceptors (Lipinski definition) is 6. The van der Waals surface area contributed by atoms with Gasteiger partial charge in [-0.3, -0.25) is 19.4 Å². The fourth-order valence-electron chi connectivity index (χ4n) is 2.68. The van der Waals surface area contributed by atoms with E-state index in [-0.39, 0.29) is 30.0 Å². The average Bonchev–Trinajstić information content (AvgIpc) is 3.21. The third-order valence-electron chi connectivity index (χ3n) is 3.85. The Balaban J connectivity index is 1.72. The summed E-state index contributed by atoms with van der Waals surface area (Å²) < 4.78 is 6.67. The normalized spacial score (nSPS) is 16.5. The molecule has 0 aromatic carbocycles. The molecule has 138 valence electrons. The number of aromatic nitrogens is 4. The molecule has 1 fully saturated rings. The number of carbonyl (C=O) groups excluding carboxylic acids is 2. The lowest BCUT2D eigenvalue weighted by Gasteiger charge is -2.11. The highest BCUT2D eigenvalue weighted by atomic mass is 16.5. The maximum atomic E-state index is 12.1. The first kappa shape index (κ1) is 17.8. The lowest BCUT2D eigenvalue weighted by molar-refractivity contribution is -0.136. The second-order valence-corrected chi connectivity index (χ2v) is 6.09. The molecule has 1 saturated heterocycles. The summed E-state index contributed by atoms with van der Waals surface area (Å²) in [6, 6.07) is 2.92. The monoisotopic (exact) mass is 360 g/mol. The van der Waals surface area contributed by atoms with Crippen molar-refractivity contribution >= 4 is 17.6 Å². The molecule has 3 N–H and O–H groups in total. The summed E-state index contributed by atoms with van der Waals surface area (Å²) in [6.45, 7) is 4.35. The number of anilines is 1. The smallest absolute Gasteiger partial charge is 0.314 e. The van der Waals surface area contributed by atoms with E-state index in [1.807, 2.05) is 0 Å². The quantitative estimate of drug-likeness (QED) is 0.648. The van der Waals surface area contributed by atoms with E-state index in [9.17, 15) is 14.4 Å². The molecule has 1 aliphatic rings. The van der Waals surface area contributed by atoms with E-state index in [2.05, 4.69) is 25.7 Å². The van der Waals surface area contributed by atoms with Crippen LogP contribution >= 0.6 is 0 Å². The van der Waals surface area contributed by atoms with Crippen molar-refractivity contribution in [2.24, 2.45) is 0 Å². The fraction of sp³-hybridized carbons (Fsp3) is 0.438. The average molecular weight is 360 g/mol. The lowest BCUT2D eigenvalue weighted by atomic mass is 10.2.